The van der Waals surface area contributed by atoms with Crippen molar-refractivity contribution in [1.82, 2.24) is 4.48 Å². The van der Waals surface area contributed by atoms with Crippen molar-refractivity contribution in [2.24, 2.45) is 0 Å². The van der Waals surface area contributed by atoms with Crippen LogP contribution < -0.4 is 15.8 Å². The molecule has 43 heavy (non-hydrogen) atoms. The Bertz CT molecular complexity index is 2470. The molecule has 0 unspecified atom stereocenters. The first-order valence-electron chi connectivity index (χ1n) is 14.8. The number of furan rings is 1. The summed E-state index contributed by atoms with van der Waals surface area (Å²) in [6.07, 6.45) is 2.17. The second-order valence-corrected chi connectivity index (χ2v) is 12.6. The molecule has 8 aromatic rings. The highest BCUT2D eigenvalue weighted by Gasteiger charge is 2.44. The highest BCUT2D eigenvalue weighted by molar-refractivity contribution is 7.98. The molecule has 0 saturated heterocycles. The normalized spacial score (nSPS) is 13.3. The van der Waals surface area contributed by atoms with E-state index < -0.39 is 0 Å². The summed E-state index contributed by atoms with van der Waals surface area (Å²) in [5, 5.41) is 4.91. The largest absolute Gasteiger partial charge is 0.454 e. The van der Waals surface area contributed by atoms with Gasteiger partial charge in [0, 0.05) is 54.4 Å². The molecule has 0 atom stereocenters. The Morgan fingerprint density at radius 3 is 2.35 bits per heavy atom. The number of thioether (sulfide) groups is 1. The third-order valence-electron chi connectivity index (χ3n) is 9.52. The minimum atomic E-state index is 0.00344. The standard InChI is InChI=1S/C38H25BN2OS/c1-22-14-16-23(17-15-22)40-33-19-18-24(43-2)20-31(33)39-35-29(21-30-26-9-4-6-13-34(26)42-38(30)37(35)40)28-11-7-10-27-25-8-3-5-12-32(25)41(39)36(27)28/h3-21H,1-2H3. The van der Waals surface area contributed by atoms with E-state index in [-0.39, 0.29) is 6.85 Å². The van der Waals surface area contributed by atoms with Crippen molar-refractivity contribution in [3.05, 3.63) is 121 Å². The molecule has 0 spiro atoms. The molecular formula is C38H25BN2OS. The molecular weight excluding hydrogens is 543 g/mol. The molecule has 0 N–H and O–H groups in total. The first kappa shape index (κ1) is 23.7. The van der Waals surface area contributed by atoms with Gasteiger partial charge < -0.3 is 13.8 Å². The summed E-state index contributed by atoms with van der Waals surface area (Å²) in [6, 6.07) is 42.5. The molecule has 2 aliphatic heterocycles. The molecule has 2 aliphatic rings. The number of anilines is 3. The monoisotopic (exact) mass is 568 g/mol. The van der Waals surface area contributed by atoms with E-state index in [1.165, 1.54) is 60.0 Å². The first-order chi connectivity index (χ1) is 21.2. The zero-order chi connectivity index (χ0) is 28.4. The second kappa shape index (κ2) is 8.37. The van der Waals surface area contributed by atoms with Gasteiger partial charge in [-0.15, -0.1) is 11.8 Å². The molecule has 0 radical (unpaired) electrons. The molecule has 6 aromatic carbocycles. The predicted molar refractivity (Wildman–Crippen MR) is 184 cm³/mol. The van der Waals surface area contributed by atoms with Crippen LogP contribution in [-0.4, -0.2) is 17.6 Å². The van der Waals surface area contributed by atoms with Gasteiger partial charge in [0.05, 0.1) is 5.69 Å². The van der Waals surface area contributed by atoms with Crippen molar-refractivity contribution in [3.8, 4) is 11.1 Å². The van der Waals surface area contributed by atoms with Crippen LogP contribution in [0, 0.1) is 6.92 Å². The van der Waals surface area contributed by atoms with Crippen LogP contribution in [0.5, 0.6) is 0 Å². The Labute approximate surface area is 253 Å². The van der Waals surface area contributed by atoms with Crippen molar-refractivity contribution in [2.75, 3.05) is 11.2 Å². The van der Waals surface area contributed by atoms with Crippen LogP contribution in [0.4, 0.5) is 17.1 Å². The molecule has 2 aromatic heterocycles. The first-order valence-corrected chi connectivity index (χ1v) is 16.0. The molecule has 0 saturated carbocycles. The van der Waals surface area contributed by atoms with Crippen molar-refractivity contribution in [3.63, 3.8) is 0 Å². The Balaban J connectivity index is 1.46. The number of benzene rings is 6. The maximum absolute atomic E-state index is 6.83. The van der Waals surface area contributed by atoms with E-state index in [0.717, 1.165) is 33.3 Å². The fourth-order valence-electron chi connectivity index (χ4n) is 7.70. The van der Waals surface area contributed by atoms with Gasteiger partial charge in [0.15, 0.2) is 5.58 Å². The summed E-state index contributed by atoms with van der Waals surface area (Å²) in [5.74, 6) is 0. The fraction of sp³-hybridized carbons (Fsp3) is 0.0526. The number of aromatic nitrogens is 1. The van der Waals surface area contributed by atoms with E-state index in [4.69, 9.17) is 4.42 Å². The molecule has 0 fully saturated rings. The van der Waals surface area contributed by atoms with Crippen molar-refractivity contribution in [1.29, 1.82) is 0 Å². The third-order valence-corrected chi connectivity index (χ3v) is 10.2. The lowest BCUT2D eigenvalue weighted by Crippen LogP contribution is -2.56. The molecule has 5 heteroatoms. The average molecular weight is 569 g/mol. The van der Waals surface area contributed by atoms with Crippen LogP contribution in [0.15, 0.2) is 125 Å². The van der Waals surface area contributed by atoms with E-state index in [9.17, 15) is 0 Å². The molecule has 0 aliphatic carbocycles. The quantitative estimate of drug-likeness (QED) is 0.153. The van der Waals surface area contributed by atoms with Crippen LogP contribution >= 0.6 is 11.8 Å². The topological polar surface area (TPSA) is 21.3 Å². The van der Waals surface area contributed by atoms with Crippen LogP contribution in [0.1, 0.15) is 5.56 Å². The van der Waals surface area contributed by atoms with Gasteiger partial charge in [-0.3, -0.25) is 0 Å². The van der Waals surface area contributed by atoms with Crippen LogP contribution in [-0.2, 0) is 0 Å². The summed E-state index contributed by atoms with van der Waals surface area (Å²) in [4.78, 5) is 3.72. The van der Waals surface area contributed by atoms with E-state index in [1.807, 2.05) is 0 Å². The van der Waals surface area contributed by atoms with Gasteiger partial charge in [0.25, 0.3) is 0 Å². The molecule has 0 bridgehead atoms. The Hall–Kier alpha value is -4.87. The maximum atomic E-state index is 6.83. The van der Waals surface area contributed by atoms with Gasteiger partial charge >= 0.3 is 6.85 Å². The highest BCUT2D eigenvalue weighted by atomic mass is 32.2. The number of hydrogen-bond donors (Lipinski definition) is 0. The lowest BCUT2D eigenvalue weighted by Gasteiger charge is -2.40. The van der Waals surface area contributed by atoms with E-state index >= 15 is 0 Å². The van der Waals surface area contributed by atoms with Crippen LogP contribution in [0.2, 0.25) is 0 Å². The third kappa shape index (κ3) is 2.97. The van der Waals surface area contributed by atoms with Crippen molar-refractivity contribution < 1.29 is 4.42 Å². The summed E-state index contributed by atoms with van der Waals surface area (Å²) in [5.41, 5.74) is 14.3. The maximum Gasteiger partial charge on any atom is 0.333 e. The molecule has 202 valence electrons. The second-order valence-electron chi connectivity index (χ2n) is 11.7. The van der Waals surface area contributed by atoms with E-state index in [0.29, 0.717) is 0 Å². The van der Waals surface area contributed by atoms with E-state index in [2.05, 4.69) is 138 Å². The van der Waals surface area contributed by atoms with Gasteiger partial charge in [-0.2, -0.15) is 0 Å². The highest BCUT2D eigenvalue weighted by Crippen LogP contribution is 2.49. The number of para-hydroxylation sites is 3. The fourth-order valence-corrected chi connectivity index (χ4v) is 8.15. The van der Waals surface area contributed by atoms with Gasteiger partial charge in [-0.1, -0.05) is 72.3 Å². The lowest BCUT2D eigenvalue weighted by molar-refractivity contribution is 0.669. The Morgan fingerprint density at radius 2 is 1.49 bits per heavy atom. The molecule has 0 amide bonds. The average Bonchev–Trinajstić information content (AvgIpc) is 3.60. The van der Waals surface area contributed by atoms with Gasteiger partial charge in [-0.25, -0.2) is 0 Å². The van der Waals surface area contributed by atoms with Crippen molar-refractivity contribution >= 4 is 90.3 Å². The lowest BCUT2D eigenvalue weighted by atomic mass is 9.45. The smallest absolute Gasteiger partial charge is 0.333 e. The Morgan fingerprint density at radius 1 is 0.698 bits per heavy atom. The Kier molecular flexibility index (Phi) is 4.60. The van der Waals surface area contributed by atoms with E-state index in [1.54, 1.807) is 11.8 Å². The van der Waals surface area contributed by atoms with Crippen molar-refractivity contribution in [2.45, 2.75) is 11.8 Å². The number of fused-ring (bicyclic) bond motifs is 11. The molecule has 3 nitrogen and oxygen atoms in total. The number of nitrogens with zero attached hydrogens (tertiary/aromatic N) is 2. The molecule has 10 rings (SSSR count). The van der Waals surface area contributed by atoms with Crippen LogP contribution in [0.3, 0.4) is 0 Å². The number of rotatable bonds is 2. The minimum Gasteiger partial charge on any atom is -0.454 e. The minimum absolute atomic E-state index is 0.00344. The zero-order valence-electron chi connectivity index (χ0n) is 23.8. The summed E-state index contributed by atoms with van der Waals surface area (Å²) in [7, 11) is 0. The SMILES string of the molecule is CSc1ccc2c(c1)B1c3c(cc4c(oc5ccccc54)c3N2c2ccc(C)cc2)-c2cccc3c4ccccc4n1c23. The number of hydrogen-bond acceptors (Lipinski definition) is 3. The predicted octanol–water partition coefficient (Wildman–Crippen LogP) is 9.14. The summed E-state index contributed by atoms with van der Waals surface area (Å²) < 4.78 is 9.44. The van der Waals surface area contributed by atoms with Gasteiger partial charge in [-0.05, 0) is 78.2 Å². The number of aryl methyl sites for hydroxylation is 1. The van der Waals surface area contributed by atoms with Gasteiger partial charge in [0.2, 0.25) is 0 Å². The van der Waals surface area contributed by atoms with Crippen LogP contribution in [0.25, 0.3) is 54.9 Å². The zero-order valence-corrected chi connectivity index (χ0v) is 24.6. The summed E-state index contributed by atoms with van der Waals surface area (Å²) >= 11 is 1.80. The molecule has 4 heterocycles. The summed E-state index contributed by atoms with van der Waals surface area (Å²) in [6.45, 7) is 2.15. The van der Waals surface area contributed by atoms with Gasteiger partial charge in [0.1, 0.15) is 5.58 Å².